The van der Waals surface area contributed by atoms with Crippen LogP contribution >= 0.6 is 0 Å². The molecular weight excluding hydrogens is 144 g/mol. The number of alkyl carbamates (subject to hydrolysis) is 1. The van der Waals surface area contributed by atoms with Crippen LogP contribution in [0.25, 0.3) is 0 Å². The summed E-state index contributed by atoms with van der Waals surface area (Å²) in [5.41, 5.74) is 0. The molecule has 0 aliphatic carbocycles. The second kappa shape index (κ2) is 4.71. The molecule has 2 N–H and O–H groups in total. The summed E-state index contributed by atoms with van der Waals surface area (Å²) in [7, 11) is 0. The Labute approximate surface area is 66.4 Å². The van der Waals surface area contributed by atoms with Crippen LogP contribution in [0.1, 0.15) is 20.8 Å². The molecule has 0 radical (unpaired) electrons. The molecule has 0 saturated heterocycles. The van der Waals surface area contributed by atoms with Gasteiger partial charge in [0.15, 0.2) is 0 Å². The van der Waals surface area contributed by atoms with Crippen LogP contribution in [-0.4, -0.2) is 18.5 Å². The Morgan fingerprint density at radius 2 is 2.18 bits per heavy atom. The van der Waals surface area contributed by atoms with Gasteiger partial charge < -0.3 is 4.74 Å². The van der Waals surface area contributed by atoms with E-state index in [-0.39, 0.29) is 11.8 Å². The zero-order valence-electron chi connectivity index (χ0n) is 7.10. The number of amidine groups is 1. The lowest BCUT2D eigenvalue weighted by Gasteiger charge is -2.08. The molecule has 0 atom stereocenters. The van der Waals surface area contributed by atoms with E-state index in [1.165, 1.54) is 0 Å². The van der Waals surface area contributed by atoms with Crippen LogP contribution in [0.5, 0.6) is 0 Å². The van der Waals surface area contributed by atoms with Crippen LogP contribution in [0, 0.1) is 11.3 Å². The van der Waals surface area contributed by atoms with Crippen molar-refractivity contribution in [3.63, 3.8) is 0 Å². The predicted octanol–water partition coefficient (Wildman–Crippen LogP) is 1.37. The van der Waals surface area contributed by atoms with Gasteiger partial charge in [-0.15, -0.1) is 0 Å². The third-order valence-corrected chi connectivity index (χ3v) is 1.09. The van der Waals surface area contributed by atoms with Crippen molar-refractivity contribution in [3.05, 3.63) is 0 Å². The van der Waals surface area contributed by atoms with Crippen molar-refractivity contribution in [1.29, 1.82) is 5.41 Å². The zero-order valence-corrected chi connectivity index (χ0v) is 7.10. The summed E-state index contributed by atoms with van der Waals surface area (Å²) in [6.07, 6.45) is -0.550. The van der Waals surface area contributed by atoms with Gasteiger partial charge >= 0.3 is 6.09 Å². The van der Waals surface area contributed by atoms with Crippen LogP contribution in [0.2, 0.25) is 0 Å². The minimum atomic E-state index is -0.550. The lowest BCUT2D eigenvalue weighted by molar-refractivity contribution is 0.157. The maximum Gasteiger partial charge on any atom is 0.412 e. The molecule has 0 heterocycles. The minimum absolute atomic E-state index is 0.0272. The van der Waals surface area contributed by atoms with Gasteiger partial charge in [0, 0.05) is 5.92 Å². The molecule has 4 heteroatoms. The highest BCUT2D eigenvalue weighted by atomic mass is 16.5. The number of nitrogens with one attached hydrogen (secondary N) is 2. The number of carbonyl (C=O) groups is 1. The maximum absolute atomic E-state index is 10.7. The van der Waals surface area contributed by atoms with Gasteiger partial charge in [-0.3, -0.25) is 10.7 Å². The monoisotopic (exact) mass is 158 g/mol. The summed E-state index contributed by atoms with van der Waals surface area (Å²) in [5.74, 6) is 0.211. The number of hydrogen-bond donors (Lipinski definition) is 2. The molecule has 0 spiro atoms. The van der Waals surface area contributed by atoms with Crippen molar-refractivity contribution >= 4 is 11.9 Å². The summed E-state index contributed by atoms with van der Waals surface area (Å²) in [4.78, 5) is 10.7. The first-order valence-corrected chi connectivity index (χ1v) is 3.60. The van der Waals surface area contributed by atoms with E-state index in [1.54, 1.807) is 6.92 Å². The molecule has 0 aliphatic heterocycles. The van der Waals surface area contributed by atoms with Crippen LogP contribution < -0.4 is 5.32 Å². The molecule has 0 bridgehead atoms. The van der Waals surface area contributed by atoms with Crippen molar-refractivity contribution < 1.29 is 9.53 Å². The van der Waals surface area contributed by atoms with E-state index in [0.29, 0.717) is 6.61 Å². The molecule has 0 aromatic heterocycles. The minimum Gasteiger partial charge on any atom is -0.450 e. The summed E-state index contributed by atoms with van der Waals surface area (Å²) in [5, 5.41) is 9.54. The van der Waals surface area contributed by atoms with E-state index >= 15 is 0 Å². The first-order valence-electron chi connectivity index (χ1n) is 3.60. The molecule has 0 aromatic carbocycles. The molecule has 0 aliphatic rings. The van der Waals surface area contributed by atoms with Gasteiger partial charge in [-0.05, 0) is 6.92 Å². The van der Waals surface area contributed by atoms with Gasteiger partial charge in [-0.25, -0.2) is 4.79 Å². The quantitative estimate of drug-likeness (QED) is 0.471. The van der Waals surface area contributed by atoms with E-state index in [9.17, 15) is 4.79 Å². The fourth-order valence-corrected chi connectivity index (χ4v) is 0.421. The molecule has 0 rings (SSSR count). The standard InChI is InChI=1S/C7H14N2O2/c1-4-11-7(10)9-6(8)5(2)3/h5H,4H2,1-3H3,(H2,8,9,10). The average molecular weight is 158 g/mol. The number of ether oxygens (including phenoxy) is 1. The highest BCUT2D eigenvalue weighted by Gasteiger charge is 2.06. The Bertz CT molecular complexity index is 155. The molecule has 0 unspecified atom stereocenters. The maximum atomic E-state index is 10.7. The van der Waals surface area contributed by atoms with E-state index in [4.69, 9.17) is 5.41 Å². The Balaban J connectivity index is 3.67. The van der Waals surface area contributed by atoms with Gasteiger partial charge in [-0.1, -0.05) is 13.8 Å². The summed E-state index contributed by atoms with van der Waals surface area (Å²) in [6.45, 7) is 5.71. The molecule has 64 valence electrons. The second-order valence-corrected chi connectivity index (χ2v) is 2.41. The molecule has 0 aromatic rings. The lowest BCUT2D eigenvalue weighted by Crippen LogP contribution is -2.33. The van der Waals surface area contributed by atoms with Crippen LogP contribution in [0.15, 0.2) is 0 Å². The number of hydrogen-bond acceptors (Lipinski definition) is 3. The van der Waals surface area contributed by atoms with Crippen LogP contribution in [0.3, 0.4) is 0 Å². The summed E-state index contributed by atoms with van der Waals surface area (Å²) in [6, 6.07) is 0. The summed E-state index contributed by atoms with van der Waals surface area (Å²) >= 11 is 0. The first kappa shape index (κ1) is 9.94. The van der Waals surface area contributed by atoms with Gasteiger partial charge in [0.25, 0.3) is 0 Å². The van der Waals surface area contributed by atoms with Crippen molar-refractivity contribution in [1.82, 2.24) is 5.32 Å². The van der Waals surface area contributed by atoms with Crippen LogP contribution in [0.4, 0.5) is 4.79 Å². The predicted molar refractivity (Wildman–Crippen MR) is 42.7 cm³/mol. The van der Waals surface area contributed by atoms with Gasteiger partial charge in [0.1, 0.15) is 5.84 Å². The molecule has 0 saturated carbocycles. The Hall–Kier alpha value is -1.06. The smallest absolute Gasteiger partial charge is 0.412 e. The Morgan fingerprint density at radius 1 is 1.64 bits per heavy atom. The van der Waals surface area contributed by atoms with Gasteiger partial charge in [-0.2, -0.15) is 0 Å². The van der Waals surface area contributed by atoms with E-state index in [1.807, 2.05) is 13.8 Å². The topological polar surface area (TPSA) is 62.2 Å². The largest absolute Gasteiger partial charge is 0.450 e. The van der Waals surface area contributed by atoms with Crippen molar-refractivity contribution in [3.8, 4) is 0 Å². The fourth-order valence-electron chi connectivity index (χ4n) is 0.421. The van der Waals surface area contributed by atoms with E-state index in [0.717, 1.165) is 0 Å². The van der Waals surface area contributed by atoms with Gasteiger partial charge in [0.05, 0.1) is 6.61 Å². The second-order valence-electron chi connectivity index (χ2n) is 2.41. The zero-order chi connectivity index (χ0) is 8.85. The van der Waals surface area contributed by atoms with Gasteiger partial charge in [0.2, 0.25) is 0 Å². The van der Waals surface area contributed by atoms with Crippen molar-refractivity contribution in [2.75, 3.05) is 6.61 Å². The van der Waals surface area contributed by atoms with Crippen molar-refractivity contribution in [2.24, 2.45) is 5.92 Å². The SMILES string of the molecule is CCOC(=O)NC(=N)C(C)C. The normalized spacial score (nSPS) is 9.45. The molecule has 1 amide bonds. The molecule has 11 heavy (non-hydrogen) atoms. The third-order valence-electron chi connectivity index (χ3n) is 1.09. The fraction of sp³-hybridized carbons (Fsp3) is 0.714. The van der Waals surface area contributed by atoms with E-state index in [2.05, 4.69) is 10.1 Å². The first-order chi connectivity index (χ1) is 5.07. The highest BCUT2D eigenvalue weighted by Crippen LogP contribution is 1.91. The Morgan fingerprint density at radius 3 is 2.55 bits per heavy atom. The van der Waals surface area contributed by atoms with Crippen LogP contribution in [-0.2, 0) is 4.74 Å². The van der Waals surface area contributed by atoms with E-state index < -0.39 is 6.09 Å². The lowest BCUT2D eigenvalue weighted by atomic mass is 10.2. The Kier molecular flexibility index (Phi) is 4.26. The number of carbonyl (C=O) groups excluding carboxylic acids is 1. The summed E-state index contributed by atoms with van der Waals surface area (Å²) < 4.78 is 4.57. The molecule has 4 nitrogen and oxygen atoms in total. The average Bonchev–Trinajstić information content (AvgIpc) is 1.87. The molecular formula is C7H14N2O2. The highest BCUT2D eigenvalue weighted by molar-refractivity contribution is 5.94. The molecule has 0 fully saturated rings. The number of rotatable bonds is 2. The number of amides is 1. The van der Waals surface area contributed by atoms with Crippen molar-refractivity contribution in [2.45, 2.75) is 20.8 Å². The third kappa shape index (κ3) is 4.36.